The number of unbranched alkanes of at least 4 members (excludes halogenated alkanes) is 1. The number of nitrogens with two attached hydrogens (primary N) is 1. The van der Waals surface area contributed by atoms with Crippen LogP contribution in [0.3, 0.4) is 0 Å². The lowest BCUT2D eigenvalue weighted by atomic mass is 10.1. The number of fused-ring (bicyclic) bond motifs is 1. The van der Waals surface area contributed by atoms with Gasteiger partial charge >= 0.3 is 0 Å². The van der Waals surface area contributed by atoms with Crippen LogP contribution in [-0.2, 0) is 17.9 Å². The minimum absolute atomic E-state index is 0.00200. The molecule has 2 heterocycles. The SMILES string of the molecule is CCCCOc1c2n(c(CNC(=O)[C@@H](N)C(C)C)cc1=O)CCN(C(C)C)C2=O. The molecular formula is C21H34N4O4. The number of rotatable bonds is 9. The topological polar surface area (TPSA) is 107 Å². The Balaban J connectivity index is 2.40. The normalized spacial score (nSPS) is 14.9. The molecule has 2 rings (SSSR count). The van der Waals surface area contributed by atoms with Crippen molar-refractivity contribution >= 4 is 11.8 Å². The molecule has 0 saturated heterocycles. The zero-order chi connectivity index (χ0) is 21.7. The Hall–Kier alpha value is -2.35. The zero-order valence-corrected chi connectivity index (χ0v) is 18.2. The van der Waals surface area contributed by atoms with Crippen molar-refractivity contribution in [2.45, 2.75) is 72.6 Å². The van der Waals surface area contributed by atoms with Gasteiger partial charge in [-0.05, 0) is 26.2 Å². The second-order valence-corrected chi connectivity index (χ2v) is 8.11. The molecule has 162 valence electrons. The molecule has 1 aliphatic heterocycles. The number of nitrogens with zero attached hydrogens (tertiary/aromatic N) is 2. The van der Waals surface area contributed by atoms with Crippen molar-refractivity contribution < 1.29 is 14.3 Å². The van der Waals surface area contributed by atoms with Gasteiger partial charge in [0, 0.05) is 30.9 Å². The Morgan fingerprint density at radius 3 is 2.52 bits per heavy atom. The highest BCUT2D eigenvalue weighted by Crippen LogP contribution is 2.24. The quantitative estimate of drug-likeness (QED) is 0.604. The predicted octanol–water partition coefficient (Wildman–Crippen LogP) is 1.49. The van der Waals surface area contributed by atoms with Gasteiger partial charge in [-0.2, -0.15) is 0 Å². The minimum Gasteiger partial charge on any atom is -0.487 e. The van der Waals surface area contributed by atoms with E-state index in [-0.39, 0.29) is 47.2 Å². The van der Waals surface area contributed by atoms with Gasteiger partial charge in [-0.15, -0.1) is 0 Å². The van der Waals surface area contributed by atoms with E-state index < -0.39 is 6.04 Å². The first-order valence-corrected chi connectivity index (χ1v) is 10.4. The summed E-state index contributed by atoms with van der Waals surface area (Å²) in [5.74, 6) is -0.400. The van der Waals surface area contributed by atoms with E-state index in [9.17, 15) is 14.4 Å². The molecule has 0 saturated carbocycles. The first kappa shape index (κ1) is 22.9. The Morgan fingerprint density at radius 2 is 1.93 bits per heavy atom. The molecule has 0 radical (unpaired) electrons. The van der Waals surface area contributed by atoms with Crippen molar-refractivity contribution in [1.29, 1.82) is 0 Å². The molecule has 0 bridgehead atoms. The van der Waals surface area contributed by atoms with Crippen LogP contribution >= 0.6 is 0 Å². The van der Waals surface area contributed by atoms with Crippen LogP contribution in [0, 0.1) is 5.92 Å². The third kappa shape index (κ3) is 5.18. The van der Waals surface area contributed by atoms with E-state index >= 15 is 0 Å². The average molecular weight is 407 g/mol. The fourth-order valence-corrected chi connectivity index (χ4v) is 3.29. The number of amides is 2. The Bertz CT molecular complexity index is 801. The van der Waals surface area contributed by atoms with Gasteiger partial charge in [0.15, 0.2) is 11.4 Å². The number of hydrogen-bond acceptors (Lipinski definition) is 5. The Kier molecular flexibility index (Phi) is 7.84. The molecule has 1 atom stereocenters. The molecule has 8 nitrogen and oxygen atoms in total. The van der Waals surface area contributed by atoms with Crippen molar-refractivity contribution in [3.05, 3.63) is 27.7 Å². The molecule has 1 aliphatic rings. The maximum atomic E-state index is 13.1. The number of ether oxygens (including phenoxy) is 1. The van der Waals surface area contributed by atoms with Crippen molar-refractivity contribution in [3.63, 3.8) is 0 Å². The van der Waals surface area contributed by atoms with Crippen LogP contribution < -0.4 is 21.2 Å². The van der Waals surface area contributed by atoms with Gasteiger partial charge < -0.3 is 25.3 Å². The number of carbonyl (C=O) groups is 2. The summed E-state index contributed by atoms with van der Waals surface area (Å²) >= 11 is 0. The van der Waals surface area contributed by atoms with Crippen LogP contribution in [-0.4, -0.2) is 46.5 Å². The molecule has 0 aromatic carbocycles. The number of carbonyl (C=O) groups excluding carboxylic acids is 2. The molecule has 8 heteroatoms. The molecule has 1 aromatic heterocycles. The Labute approximate surface area is 172 Å². The molecular weight excluding hydrogens is 372 g/mol. The van der Waals surface area contributed by atoms with Crippen molar-refractivity contribution in [2.24, 2.45) is 11.7 Å². The van der Waals surface area contributed by atoms with Gasteiger partial charge in [-0.1, -0.05) is 27.2 Å². The molecule has 0 fully saturated rings. The molecule has 1 aromatic rings. The number of pyridine rings is 1. The van der Waals surface area contributed by atoms with Crippen molar-refractivity contribution in [3.8, 4) is 5.75 Å². The fraction of sp³-hybridized carbons (Fsp3) is 0.667. The van der Waals surface area contributed by atoms with E-state index in [1.807, 2.05) is 34.6 Å². The van der Waals surface area contributed by atoms with Gasteiger partial charge in [-0.3, -0.25) is 14.4 Å². The highest BCUT2D eigenvalue weighted by atomic mass is 16.5. The number of aromatic nitrogens is 1. The summed E-state index contributed by atoms with van der Waals surface area (Å²) in [5.41, 5.74) is 6.40. The van der Waals surface area contributed by atoms with Crippen LogP contribution in [0.15, 0.2) is 10.9 Å². The van der Waals surface area contributed by atoms with Crippen LogP contribution in [0.1, 0.15) is 63.6 Å². The standard InChI is InChI=1S/C21H34N4O4/c1-6-7-10-29-19-16(26)11-15(12-23-20(27)17(22)13(2)3)25-9-8-24(14(4)5)21(28)18(19)25/h11,13-14,17H,6-10,12,22H2,1-5H3,(H,23,27)/t17-/m0/s1. The summed E-state index contributed by atoms with van der Waals surface area (Å²) in [6, 6.07) is 0.837. The molecule has 29 heavy (non-hydrogen) atoms. The van der Waals surface area contributed by atoms with Gasteiger partial charge in [0.25, 0.3) is 5.91 Å². The van der Waals surface area contributed by atoms with Gasteiger partial charge in [0.05, 0.1) is 19.2 Å². The second kappa shape index (κ2) is 9.91. The highest BCUT2D eigenvalue weighted by molar-refractivity contribution is 5.96. The summed E-state index contributed by atoms with van der Waals surface area (Å²) in [4.78, 5) is 39.9. The maximum Gasteiger partial charge on any atom is 0.274 e. The van der Waals surface area contributed by atoms with Crippen LogP contribution in [0.4, 0.5) is 0 Å². The fourth-order valence-electron chi connectivity index (χ4n) is 3.29. The third-order valence-corrected chi connectivity index (χ3v) is 5.21. The van der Waals surface area contributed by atoms with Crippen LogP contribution in [0.2, 0.25) is 0 Å². The molecule has 0 unspecified atom stereocenters. The zero-order valence-electron chi connectivity index (χ0n) is 18.2. The van der Waals surface area contributed by atoms with E-state index in [0.29, 0.717) is 25.4 Å². The third-order valence-electron chi connectivity index (χ3n) is 5.21. The number of hydrogen-bond donors (Lipinski definition) is 2. The van der Waals surface area contributed by atoms with Crippen LogP contribution in [0.5, 0.6) is 5.75 Å². The van der Waals surface area contributed by atoms with E-state index in [2.05, 4.69) is 5.32 Å². The largest absolute Gasteiger partial charge is 0.487 e. The first-order chi connectivity index (χ1) is 13.7. The summed E-state index contributed by atoms with van der Waals surface area (Å²) in [6.45, 7) is 11.2. The minimum atomic E-state index is -0.628. The van der Waals surface area contributed by atoms with Gasteiger partial charge in [0.1, 0.15) is 0 Å². The van der Waals surface area contributed by atoms with E-state index in [0.717, 1.165) is 12.8 Å². The lowest BCUT2D eigenvalue weighted by molar-refractivity contribution is -0.123. The lowest BCUT2D eigenvalue weighted by Gasteiger charge is -2.35. The number of nitrogens with one attached hydrogen (secondary N) is 1. The monoisotopic (exact) mass is 406 g/mol. The van der Waals surface area contributed by atoms with Crippen molar-refractivity contribution in [2.75, 3.05) is 13.2 Å². The van der Waals surface area contributed by atoms with E-state index in [1.165, 1.54) is 6.07 Å². The van der Waals surface area contributed by atoms with Crippen molar-refractivity contribution in [1.82, 2.24) is 14.8 Å². The summed E-state index contributed by atoms with van der Waals surface area (Å²) in [5, 5.41) is 2.79. The summed E-state index contributed by atoms with van der Waals surface area (Å²) in [7, 11) is 0. The average Bonchev–Trinajstić information content (AvgIpc) is 2.67. The molecule has 0 aliphatic carbocycles. The van der Waals surface area contributed by atoms with E-state index in [4.69, 9.17) is 10.5 Å². The molecule has 3 N–H and O–H groups in total. The molecule has 2 amide bonds. The van der Waals surface area contributed by atoms with E-state index in [1.54, 1.807) is 9.47 Å². The summed E-state index contributed by atoms with van der Waals surface area (Å²) < 4.78 is 7.53. The predicted molar refractivity (Wildman–Crippen MR) is 112 cm³/mol. The lowest BCUT2D eigenvalue weighted by Crippen LogP contribution is -2.47. The van der Waals surface area contributed by atoms with Crippen LogP contribution in [0.25, 0.3) is 0 Å². The first-order valence-electron chi connectivity index (χ1n) is 10.4. The second-order valence-electron chi connectivity index (χ2n) is 8.11. The maximum absolute atomic E-state index is 13.1. The smallest absolute Gasteiger partial charge is 0.274 e. The highest BCUT2D eigenvalue weighted by Gasteiger charge is 2.32. The summed E-state index contributed by atoms with van der Waals surface area (Å²) in [6.07, 6.45) is 1.72. The van der Waals surface area contributed by atoms with Gasteiger partial charge in [-0.25, -0.2) is 0 Å². The molecule has 0 spiro atoms. The van der Waals surface area contributed by atoms with Gasteiger partial charge in [0.2, 0.25) is 11.3 Å². The Morgan fingerprint density at radius 1 is 1.24 bits per heavy atom.